The third-order valence-electron chi connectivity index (χ3n) is 1.89. The van der Waals surface area contributed by atoms with Crippen molar-refractivity contribution in [1.29, 1.82) is 0 Å². The Hall–Kier alpha value is -1.24. The van der Waals surface area contributed by atoms with Gasteiger partial charge >= 0.3 is 12.1 Å². The van der Waals surface area contributed by atoms with Crippen LogP contribution in [0.25, 0.3) is 0 Å². The van der Waals surface area contributed by atoms with Gasteiger partial charge in [0.2, 0.25) is 0 Å². The van der Waals surface area contributed by atoms with Gasteiger partial charge < -0.3 is 5.11 Å². The molecule has 16 heavy (non-hydrogen) atoms. The number of alkyl halides is 5. The highest BCUT2D eigenvalue weighted by molar-refractivity contribution is 5.21. The number of rotatable bonds is 2. The van der Waals surface area contributed by atoms with E-state index in [1.165, 1.54) is 0 Å². The van der Waals surface area contributed by atoms with Crippen LogP contribution in [0.3, 0.4) is 0 Å². The Morgan fingerprint density at radius 2 is 1.62 bits per heavy atom. The van der Waals surface area contributed by atoms with Gasteiger partial charge in [0, 0.05) is 0 Å². The molecule has 0 saturated carbocycles. The van der Waals surface area contributed by atoms with Crippen LogP contribution in [0.4, 0.5) is 26.3 Å². The van der Waals surface area contributed by atoms with Crippen LogP contribution in [0.1, 0.15) is 11.7 Å². The molecule has 7 heteroatoms. The second kappa shape index (κ2) is 3.97. The number of aliphatic hydroxyl groups is 1. The summed E-state index contributed by atoms with van der Waals surface area (Å²) in [7, 11) is 0. The van der Waals surface area contributed by atoms with Crippen LogP contribution in [0.5, 0.6) is 0 Å². The zero-order chi connectivity index (χ0) is 12.6. The molecule has 1 nitrogen and oxygen atoms in total. The molecule has 0 aromatic heterocycles. The van der Waals surface area contributed by atoms with E-state index in [1.54, 1.807) is 0 Å². The molecule has 0 aliphatic heterocycles. The van der Waals surface area contributed by atoms with Crippen molar-refractivity contribution in [2.24, 2.45) is 0 Å². The molecule has 1 unspecified atom stereocenters. The van der Waals surface area contributed by atoms with E-state index in [0.29, 0.717) is 6.07 Å². The molecule has 0 radical (unpaired) electrons. The molecule has 90 valence electrons. The molecule has 0 fully saturated rings. The maximum absolute atomic E-state index is 12.6. The first-order valence-electron chi connectivity index (χ1n) is 4.04. The highest BCUT2D eigenvalue weighted by Gasteiger charge is 2.62. The predicted molar refractivity (Wildman–Crippen MR) is 42.4 cm³/mol. The van der Waals surface area contributed by atoms with Crippen LogP contribution < -0.4 is 0 Å². The van der Waals surface area contributed by atoms with Crippen LogP contribution in [0, 0.1) is 5.82 Å². The van der Waals surface area contributed by atoms with Crippen molar-refractivity contribution < 1.29 is 31.4 Å². The van der Waals surface area contributed by atoms with Crippen molar-refractivity contribution in [1.82, 2.24) is 0 Å². The normalized spacial score (nSPS) is 14.9. The minimum atomic E-state index is -5.89. The fourth-order valence-corrected chi connectivity index (χ4v) is 1.04. The number of aliphatic hydroxyl groups excluding tert-OH is 1. The Balaban J connectivity index is 3.07. The van der Waals surface area contributed by atoms with E-state index in [1.807, 2.05) is 0 Å². The van der Waals surface area contributed by atoms with Crippen molar-refractivity contribution >= 4 is 0 Å². The van der Waals surface area contributed by atoms with E-state index in [0.717, 1.165) is 18.2 Å². The smallest absolute Gasteiger partial charge is 0.382 e. The molecule has 0 bridgehead atoms. The third-order valence-corrected chi connectivity index (χ3v) is 1.89. The molecule has 1 N–H and O–H groups in total. The summed E-state index contributed by atoms with van der Waals surface area (Å²) < 4.78 is 73.5. The standard InChI is InChI=1S/C9H6F6O/c10-6-3-1-2-5(4-6)7(16)8(11,12)9(13,14)15/h1-4,7,16H. The number of hydrogen-bond donors (Lipinski definition) is 1. The molecule has 0 heterocycles. The highest BCUT2D eigenvalue weighted by Crippen LogP contribution is 2.44. The SMILES string of the molecule is OC(c1cccc(F)c1)C(F)(F)C(F)(F)F. The van der Waals surface area contributed by atoms with Crippen molar-refractivity contribution in [2.45, 2.75) is 18.2 Å². The van der Waals surface area contributed by atoms with E-state index in [-0.39, 0.29) is 0 Å². The van der Waals surface area contributed by atoms with Gasteiger partial charge in [0.25, 0.3) is 0 Å². The van der Waals surface area contributed by atoms with Crippen molar-refractivity contribution in [2.75, 3.05) is 0 Å². The first-order valence-corrected chi connectivity index (χ1v) is 4.04. The molecule has 1 aromatic rings. The summed E-state index contributed by atoms with van der Waals surface area (Å²) in [5, 5.41) is 8.87. The largest absolute Gasteiger partial charge is 0.456 e. The van der Waals surface area contributed by atoms with Crippen molar-refractivity contribution in [3.05, 3.63) is 35.6 Å². The molecular weight excluding hydrogens is 238 g/mol. The van der Waals surface area contributed by atoms with E-state index in [2.05, 4.69) is 0 Å². The Morgan fingerprint density at radius 1 is 1.06 bits per heavy atom. The molecule has 0 spiro atoms. The fraction of sp³-hybridized carbons (Fsp3) is 0.333. The maximum atomic E-state index is 12.6. The zero-order valence-corrected chi connectivity index (χ0v) is 7.60. The highest BCUT2D eigenvalue weighted by atomic mass is 19.4. The van der Waals surface area contributed by atoms with Crippen LogP contribution >= 0.6 is 0 Å². The van der Waals surface area contributed by atoms with Gasteiger partial charge in [0.05, 0.1) is 0 Å². The molecule has 0 saturated heterocycles. The second-order valence-corrected chi connectivity index (χ2v) is 3.08. The fourth-order valence-electron chi connectivity index (χ4n) is 1.04. The predicted octanol–water partition coefficient (Wildman–Crippen LogP) is 3.06. The summed E-state index contributed by atoms with van der Waals surface area (Å²) >= 11 is 0. The van der Waals surface area contributed by atoms with Gasteiger partial charge in [-0.1, -0.05) is 12.1 Å². The lowest BCUT2D eigenvalue weighted by molar-refractivity contribution is -0.315. The van der Waals surface area contributed by atoms with Gasteiger partial charge in [-0.15, -0.1) is 0 Å². The average molecular weight is 244 g/mol. The van der Waals surface area contributed by atoms with Crippen LogP contribution in [0.15, 0.2) is 24.3 Å². The monoisotopic (exact) mass is 244 g/mol. The molecule has 0 amide bonds. The van der Waals surface area contributed by atoms with Gasteiger partial charge in [-0.05, 0) is 17.7 Å². The van der Waals surface area contributed by atoms with E-state index in [9.17, 15) is 26.3 Å². The second-order valence-electron chi connectivity index (χ2n) is 3.08. The minimum Gasteiger partial charge on any atom is -0.382 e. The van der Waals surface area contributed by atoms with Gasteiger partial charge in [-0.25, -0.2) is 4.39 Å². The maximum Gasteiger partial charge on any atom is 0.456 e. The summed E-state index contributed by atoms with van der Waals surface area (Å²) in [6.07, 6.45) is -9.01. The lowest BCUT2D eigenvalue weighted by Crippen LogP contribution is -2.42. The Kier molecular flexibility index (Phi) is 3.18. The summed E-state index contributed by atoms with van der Waals surface area (Å²) in [6.45, 7) is 0. The van der Waals surface area contributed by atoms with E-state index < -0.39 is 29.6 Å². The molecule has 1 aromatic carbocycles. The van der Waals surface area contributed by atoms with E-state index >= 15 is 0 Å². The Morgan fingerprint density at radius 3 is 2.06 bits per heavy atom. The Labute approximate surface area is 86.3 Å². The molecule has 1 rings (SSSR count). The first kappa shape index (κ1) is 12.8. The minimum absolute atomic E-state index is 0.421. The van der Waals surface area contributed by atoms with Gasteiger partial charge in [0.1, 0.15) is 5.82 Å². The van der Waals surface area contributed by atoms with Gasteiger partial charge in [-0.3, -0.25) is 0 Å². The summed E-state index contributed by atoms with van der Waals surface area (Å²) in [5.74, 6) is -6.32. The summed E-state index contributed by atoms with van der Waals surface area (Å²) in [4.78, 5) is 0. The first-order chi connectivity index (χ1) is 7.16. The van der Waals surface area contributed by atoms with Crippen LogP contribution in [-0.4, -0.2) is 17.2 Å². The molecule has 0 aliphatic rings. The van der Waals surface area contributed by atoms with Crippen LogP contribution in [0.2, 0.25) is 0 Å². The van der Waals surface area contributed by atoms with Gasteiger partial charge in [0.15, 0.2) is 6.10 Å². The zero-order valence-electron chi connectivity index (χ0n) is 7.60. The van der Waals surface area contributed by atoms with Crippen LogP contribution in [-0.2, 0) is 0 Å². The summed E-state index contributed by atoms with van der Waals surface area (Å²) in [6, 6.07) is 3.00. The Bertz CT molecular complexity index is 373. The third kappa shape index (κ3) is 2.29. The number of halogens is 6. The summed E-state index contributed by atoms with van der Waals surface area (Å²) in [5.41, 5.74) is -0.831. The average Bonchev–Trinajstić information content (AvgIpc) is 2.14. The number of hydrogen-bond acceptors (Lipinski definition) is 1. The van der Waals surface area contributed by atoms with E-state index in [4.69, 9.17) is 5.11 Å². The lowest BCUT2D eigenvalue weighted by Gasteiger charge is -2.24. The van der Waals surface area contributed by atoms with Gasteiger partial charge in [-0.2, -0.15) is 22.0 Å². The molecular formula is C9H6F6O. The quantitative estimate of drug-likeness (QED) is 0.792. The topological polar surface area (TPSA) is 20.2 Å². The molecule has 1 atom stereocenters. The number of benzene rings is 1. The lowest BCUT2D eigenvalue weighted by atomic mass is 10.0. The van der Waals surface area contributed by atoms with Crippen molar-refractivity contribution in [3.8, 4) is 0 Å². The molecule has 0 aliphatic carbocycles. The van der Waals surface area contributed by atoms with Crippen molar-refractivity contribution in [3.63, 3.8) is 0 Å².